The predicted octanol–water partition coefficient (Wildman–Crippen LogP) is 2.49. The molecule has 2 aromatic rings. The van der Waals surface area contributed by atoms with Crippen LogP contribution in [-0.4, -0.2) is 137 Å². The highest BCUT2D eigenvalue weighted by molar-refractivity contribution is 7.99. The molecule has 5 heterocycles. The summed E-state index contributed by atoms with van der Waals surface area (Å²) in [5, 5.41) is 18.8. The van der Waals surface area contributed by atoms with Gasteiger partial charge in [0.2, 0.25) is 21.8 Å². The average molecular weight is 756 g/mol. The molecule has 2 N–H and O–H groups in total. The minimum Gasteiger partial charge on any atom is -0.390 e. The van der Waals surface area contributed by atoms with E-state index in [2.05, 4.69) is 10.2 Å². The third kappa shape index (κ3) is 8.92. The largest absolute Gasteiger partial charge is 0.417 e. The Morgan fingerprint density at radius 1 is 1.10 bits per heavy atom. The van der Waals surface area contributed by atoms with Crippen LogP contribution in [0.1, 0.15) is 49.4 Å². The lowest BCUT2D eigenvalue weighted by molar-refractivity contribution is -0.139. The molecule has 282 valence electrons. The normalized spacial score (nSPS) is 22.3. The van der Waals surface area contributed by atoms with E-state index in [1.807, 2.05) is 9.80 Å². The number of benzene rings is 1. The molecule has 3 saturated heterocycles. The highest BCUT2D eigenvalue weighted by Gasteiger charge is 2.36. The van der Waals surface area contributed by atoms with Gasteiger partial charge >= 0.3 is 6.18 Å². The van der Waals surface area contributed by atoms with Crippen molar-refractivity contribution in [2.75, 3.05) is 70.9 Å². The van der Waals surface area contributed by atoms with Crippen LogP contribution in [0.2, 0.25) is 0 Å². The quantitative estimate of drug-likeness (QED) is 0.333. The number of likely N-dealkylation sites (tertiary alicyclic amines) is 2. The number of alkyl halides is 3. The lowest BCUT2D eigenvalue weighted by Gasteiger charge is -2.34. The van der Waals surface area contributed by atoms with Crippen LogP contribution in [0, 0.1) is 5.92 Å². The number of halogens is 3. The Kier molecular flexibility index (Phi) is 11.7. The molecule has 0 saturated carbocycles. The number of sulfonamides is 1. The van der Waals surface area contributed by atoms with Crippen molar-refractivity contribution in [2.24, 2.45) is 5.92 Å². The first-order chi connectivity index (χ1) is 24.2. The Hall–Kier alpha value is -2.70. The number of aliphatic hydroxyl groups is 1. The standard InChI is InChI=1S/C34H48F3N7O5S2/c1-23-32(46)38-10-16-41(23)17-18-50-30-19-25(5-6-28(30)34(35,36)37)31-27-22-43(51(2,48)49)15-9-29(27)44(39-31)21-26(45)20-40-13-7-24(8-14-40)33(47)42-11-3-4-12-42/h5-6,19,23-24,26,45H,3-4,7-18,20-22H2,1-2H3,(H,38,46). The average Bonchev–Trinajstić information content (AvgIpc) is 3.75. The van der Waals surface area contributed by atoms with Crippen molar-refractivity contribution >= 4 is 33.6 Å². The first-order valence-corrected chi connectivity index (χ1v) is 20.6. The van der Waals surface area contributed by atoms with Gasteiger partial charge in [-0.15, -0.1) is 11.8 Å². The first kappa shape index (κ1) is 38.0. The lowest BCUT2D eigenvalue weighted by Crippen LogP contribution is -2.54. The van der Waals surface area contributed by atoms with Crippen molar-refractivity contribution in [3.63, 3.8) is 0 Å². The van der Waals surface area contributed by atoms with E-state index in [0.717, 1.165) is 68.6 Å². The minimum atomic E-state index is -4.59. The summed E-state index contributed by atoms with van der Waals surface area (Å²) in [5.41, 5.74) is 1.42. The fourth-order valence-electron chi connectivity index (χ4n) is 7.68. The fourth-order valence-corrected chi connectivity index (χ4v) is 9.56. The van der Waals surface area contributed by atoms with Gasteiger partial charge in [0.15, 0.2) is 0 Å². The number of aliphatic hydroxyl groups excluding tert-OH is 1. The van der Waals surface area contributed by atoms with Gasteiger partial charge in [-0.1, -0.05) is 6.07 Å². The second kappa shape index (κ2) is 15.7. The lowest BCUT2D eigenvalue weighted by atomic mass is 9.95. The molecule has 6 rings (SSSR count). The number of hydrogen-bond donors (Lipinski definition) is 2. The summed E-state index contributed by atoms with van der Waals surface area (Å²) in [5.74, 6) is 0.472. The molecule has 0 bridgehead atoms. The summed E-state index contributed by atoms with van der Waals surface area (Å²) in [6, 6.07) is 3.52. The molecule has 12 nitrogen and oxygen atoms in total. The third-order valence-electron chi connectivity index (χ3n) is 10.6. The number of amides is 2. The fraction of sp³-hybridized carbons (Fsp3) is 0.676. The molecule has 2 atom stereocenters. The van der Waals surface area contributed by atoms with Crippen molar-refractivity contribution in [2.45, 2.75) is 75.3 Å². The smallest absolute Gasteiger partial charge is 0.390 e. The van der Waals surface area contributed by atoms with Crippen molar-refractivity contribution in [3.05, 3.63) is 35.0 Å². The predicted molar refractivity (Wildman–Crippen MR) is 187 cm³/mol. The van der Waals surface area contributed by atoms with Gasteiger partial charge in [0, 0.05) is 92.2 Å². The molecule has 2 unspecified atom stereocenters. The molecule has 17 heteroatoms. The summed E-state index contributed by atoms with van der Waals surface area (Å²) < 4.78 is 70.7. The van der Waals surface area contributed by atoms with Crippen LogP contribution in [0.4, 0.5) is 13.2 Å². The van der Waals surface area contributed by atoms with E-state index in [1.54, 1.807) is 11.6 Å². The van der Waals surface area contributed by atoms with Crippen LogP contribution in [0.25, 0.3) is 11.3 Å². The minimum absolute atomic E-state index is 0.0107. The van der Waals surface area contributed by atoms with Gasteiger partial charge in [0.05, 0.1) is 36.2 Å². The number of piperazine rings is 1. The number of carbonyl (C=O) groups is 2. The first-order valence-electron chi connectivity index (χ1n) is 17.8. The van der Waals surface area contributed by atoms with Crippen molar-refractivity contribution < 1.29 is 36.3 Å². The maximum Gasteiger partial charge on any atom is 0.417 e. The molecule has 3 fully saturated rings. The SMILES string of the molecule is CC1C(=O)NCCN1CCSc1cc(-c2nn(CC(O)CN3CCC(C(=O)N4CCCC4)CC3)c3c2CN(S(C)(=O)=O)CC3)ccc1C(F)(F)F. The third-order valence-corrected chi connectivity index (χ3v) is 12.9. The highest BCUT2D eigenvalue weighted by Crippen LogP contribution is 2.40. The van der Waals surface area contributed by atoms with Gasteiger partial charge in [-0.25, -0.2) is 8.42 Å². The van der Waals surface area contributed by atoms with Gasteiger partial charge in [0.25, 0.3) is 0 Å². The van der Waals surface area contributed by atoms with E-state index >= 15 is 0 Å². The Labute approximate surface area is 301 Å². The molecule has 51 heavy (non-hydrogen) atoms. The van der Waals surface area contributed by atoms with Gasteiger partial charge < -0.3 is 20.2 Å². The molecule has 0 spiro atoms. The summed E-state index contributed by atoms with van der Waals surface area (Å²) >= 11 is 1.06. The van der Waals surface area contributed by atoms with E-state index in [0.29, 0.717) is 68.3 Å². The zero-order chi connectivity index (χ0) is 36.5. The molecular formula is C34H48F3N7O5S2. The zero-order valence-electron chi connectivity index (χ0n) is 29.2. The van der Waals surface area contributed by atoms with Gasteiger partial charge in [-0.05, 0) is 57.8 Å². The maximum atomic E-state index is 14.2. The summed E-state index contributed by atoms with van der Waals surface area (Å²) in [6.07, 6.45) is -0.327. The number of nitrogens with zero attached hydrogens (tertiary/aromatic N) is 6. The number of rotatable bonds is 11. The molecule has 4 aliphatic heterocycles. The van der Waals surface area contributed by atoms with E-state index in [-0.39, 0.29) is 48.3 Å². The van der Waals surface area contributed by atoms with Crippen LogP contribution < -0.4 is 5.32 Å². The van der Waals surface area contributed by atoms with Gasteiger partial charge in [-0.3, -0.25) is 19.2 Å². The molecule has 0 aliphatic carbocycles. The molecule has 0 radical (unpaired) electrons. The highest BCUT2D eigenvalue weighted by atomic mass is 32.2. The Bertz CT molecular complexity index is 1690. The molecule has 1 aromatic carbocycles. The summed E-state index contributed by atoms with van der Waals surface area (Å²) in [6.45, 7) is 7.14. The van der Waals surface area contributed by atoms with Crippen LogP contribution in [0.3, 0.4) is 0 Å². The Balaban J connectivity index is 1.20. The van der Waals surface area contributed by atoms with E-state index in [4.69, 9.17) is 5.10 Å². The number of fused-ring (bicyclic) bond motifs is 1. The Morgan fingerprint density at radius 3 is 2.51 bits per heavy atom. The molecule has 1 aromatic heterocycles. The number of piperidine rings is 1. The summed E-state index contributed by atoms with van der Waals surface area (Å²) in [7, 11) is -3.56. The van der Waals surface area contributed by atoms with Crippen LogP contribution >= 0.6 is 11.8 Å². The van der Waals surface area contributed by atoms with Crippen molar-refractivity contribution in [1.82, 2.24) is 34.1 Å². The van der Waals surface area contributed by atoms with E-state index < -0.39 is 27.9 Å². The maximum absolute atomic E-state index is 14.2. The molecular weight excluding hydrogens is 708 g/mol. The van der Waals surface area contributed by atoms with Crippen LogP contribution in [0.5, 0.6) is 0 Å². The monoisotopic (exact) mass is 755 g/mol. The van der Waals surface area contributed by atoms with Gasteiger partial charge in [0.1, 0.15) is 0 Å². The molecule has 4 aliphatic rings. The second-order valence-corrected chi connectivity index (χ2v) is 17.2. The number of carbonyl (C=O) groups excluding carboxylic acids is 2. The topological polar surface area (TPSA) is 131 Å². The van der Waals surface area contributed by atoms with Gasteiger partial charge in [-0.2, -0.15) is 22.6 Å². The van der Waals surface area contributed by atoms with E-state index in [9.17, 15) is 36.3 Å². The van der Waals surface area contributed by atoms with Crippen molar-refractivity contribution in [1.29, 1.82) is 0 Å². The number of hydrogen-bond acceptors (Lipinski definition) is 9. The number of β-amino-alcohol motifs (C(OH)–C–C–N with tert-alkyl or cyclic N) is 1. The van der Waals surface area contributed by atoms with Crippen LogP contribution in [0.15, 0.2) is 23.1 Å². The van der Waals surface area contributed by atoms with Crippen LogP contribution in [-0.2, 0) is 45.3 Å². The second-order valence-electron chi connectivity index (χ2n) is 14.1. The Morgan fingerprint density at radius 2 is 1.82 bits per heavy atom. The number of thioether (sulfide) groups is 1. The van der Waals surface area contributed by atoms with Crippen molar-refractivity contribution in [3.8, 4) is 11.3 Å². The summed E-state index contributed by atoms with van der Waals surface area (Å²) in [4.78, 5) is 31.0. The zero-order valence-corrected chi connectivity index (χ0v) is 30.8. The van der Waals surface area contributed by atoms with E-state index in [1.165, 1.54) is 16.4 Å². The molecule has 2 amide bonds. The number of aromatic nitrogens is 2. The number of nitrogens with one attached hydrogen (secondary N) is 1.